The predicted octanol–water partition coefficient (Wildman–Crippen LogP) is 7.26. The van der Waals surface area contributed by atoms with E-state index in [-0.39, 0.29) is 5.91 Å². The molecule has 0 atom stereocenters. The summed E-state index contributed by atoms with van der Waals surface area (Å²) in [5, 5.41) is 4.56. The van der Waals surface area contributed by atoms with Crippen LogP contribution in [0.3, 0.4) is 0 Å². The highest BCUT2D eigenvalue weighted by atomic mass is 32.1. The highest BCUT2D eigenvalue weighted by molar-refractivity contribution is 7.15. The number of carbonyl (C=O) groups excluding carboxylic acids is 1. The van der Waals surface area contributed by atoms with Gasteiger partial charge in [-0.05, 0) is 53.1 Å². The average molecular weight is 506 g/mol. The molecular formula is C31H27N3O2S. The van der Waals surface area contributed by atoms with E-state index >= 15 is 0 Å². The maximum atomic E-state index is 13.5. The molecule has 3 aromatic carbocycles. The first-order chi connectivity index (χ1) is 18.2. The Kier molecular flexibility index (Phi) is 6.33. The maximum absolute atomic E-state index is 13.5. The molecule has 0 aliphatic heterocycles. The number of nitrogens with zero attached hydrogens (tertiary/aromatic N) is 3. The van der Waals surface area contributed by atoms with Crippen molar-refractivity contribution in [2.45, 2.75) is 26.3 Å². The van der Waals surface area contributed by atoms with Crippen LogP contribution in [0.15, 0.2) is 101 Å². The predicted molar refractivity (Wildman–Crippen MR) is 149 cm³/mol. The molecular weight excluding hydrogens is 478 g/mol. The van der Waals surface area contributed by atoms with Crippen molar-refractivity contribution in [2.24, 2.45) is 0 Å². The lowest BCUT2D eigenvalue weighted by Crippen LogP contribution is -2.32. The van der Waals surface area contributed by atoms with Gasteiger partial charge in [0.2, 0.25) is 0 Å². The lowest BCUT2D eigenvalue weighted by molar-refractivity contribution is 0.0733. The van der Waals surface area contributed by atoms with Gasteiger partial charge in [-0.2, -0.15) is 0 Å². The van der Waals surface area contributed by atoms with Crippen LogP contribution in [0.5, 0.6) is 0 Å². The van der Waals surface area contributed by atoms with Crippen LogP contribution in [0.1, 0.15) is 34.3 Å². The standard InChI is InChI=1S/C31H27N3O2S/c1-2-22-9-11-24(12-10-22)30(35)33(19-28-8-5-17-36-28)16-15-27-21-37-31-32-29(20-34(27)31)26-14-13-23-6-3-4-7-25(23)18-26/h3-14,17-18,20-21H,2,15-16,19H2,1H3. The number of aryl methyl sites for hydroxylation is 1. The molecule has 0 spiro atoms. The summed E-state index contributed by atoms with van der Waals surface area (Å²) in [6, 6.07) is 26.5. The van der Waals surface area contributed by atoms with Crippen LogP contribution in [-0.4, -0.2) is 26.7 Å². The first kappa shape index (κ1) is 23.3. The van der Waals surface area contributed by atoms with Crippen molar-refractivity contribution in [3.05, 3.63) is 119 Å². The van der Waals surface area contributed by atoms with E-state index in [2.05, 4.69) is 65.4 Å². The first-order valence-corrected chi connectivity index (χ1v) is 13.4. The van der Waals surface area contributed by atoms with Crippen LogP contribution in [0, 0.1) is 0 Å². The third kappa shape index (κ3) is 4.80. The number of hydrogen-bond acceptors (Lipinski definition) is 4. The highest BCUT2D eigenvalue weighted by Gasteiger charge is 2.19. The summed E-state index contributed by atoms with van der Waals surface area (Å²) in [7, 11) is 0. The van der Waals surface area contributed by atoms with Crippen LogP contribution in [-0.2, 0) is 19.4 Å². The van der Waals surface area contributed by atoms with Gasteiger partial charge in [0.05, 0.1) is 18.5 Å². The topological polar surface area (TPSA) is 50.8 Å². The van der Waals surface area contributed by atoms with E-state index in [9.17, 15) is 4.79 Å². The van der Waals surface area contributed by atoms with Gasteiger partial charge in [-0.15, -0.1) is 11.3 Å². The van der Waals surface area contributed by atoms with Gasteiger partial charge in [-0.25, -0.2) is 4.98 Å². The summed E-state index contributed by atoms with van der Waals surface area (Å²) >= 11 is 1.63. The van der Waals surface area contributed by atoms with Crippen molar-refractivity contribution in [1.82, 2.24) is 14.3 Å². The Bertz CT molecular complexity index is 1660. The Morgan fingerprint density at radius 2 is 1.84 bits per heavy atom. The van der Waals surface area contributed by atoms with E-state index in [1.165, 1.54) is 16.3 Å². The average Bonchev–Trinajstić information content (AvgIpc) is 3.69. The normalized spacial score (nSPS) is 11.4. The van der Waals surface area contributed by atoms with Gasteiger partial charge in [-0.3, -0.25) is 9.20 Å². The molecule has 0 radical (unpaired) electrons. The zero-order chi connectivity index (χ0) is 25.2. The fraction of sp³-hybridized carbons (Fsp3) is 0.161. The lowest BCUT2D eigenvalue weighted by atomic mass is 10.1. The molecule has 0 bridgehead atoms. The molecule has 5 nitrogen and oxygen atoms in total. The molecule has 0 N–H and O–H groups in total. The minimum atomic E-state index is 0.00742. The number of thiazole rings is 1. The fourth-order valence-corrected chi connectivity index (χ4v) is 5.56. The molecule has 6 heteroatoms. The second-order valence-electron chi connectivity index (χ2n) is 9.17. The highest BCUT2D eigenvalue weighted by Crippen LogP contribution is 2.27. The second-order valence-corrected chi connectivity index (χ2v) is 10.0. The molecule has 0 saturated heterocycles. The van der Waals surface area contributed by atoms with Gasteiger partial charge in [0, 0.05) is 41.4 Å². The van der Waals surface area contributed by atoms with Crippen molar-refractivity contribution in [3.63, 3.8) is 0 Å². The summed E-state index contributed by atoms with van der Waals surface area (Å²) in [5.41, 5.74) is 5.11. The number of carbonyl (C=O) groups is 1. The van der Waals surface area contributed by atoms with E-state index in [1.54, 1.807) is 17.6 Å². The number of aromatic nitrogens is 2. The Labute approximate surface area is 219 Å². The van der Waals surface area contributed by atoms with Gasteiger partial charge in [0.1, 0.15) is 5.76 Å². The largest absolute Gasteiger partial charge is 0.467 e. The Morgan fingerprint density at radius 1 is 1.00 bits per heavy atom. The van der Waals surface area contributed by atoms with E-state index in [1.807, 2.05) is 41.3 Å². The summed E-state index contributed by atoms with van der Waals surface area (Å²) in [6.45, 7) is 3.12. The third-order valence-corrected chi connectivity index (χ3v) is 7.68. The van der Waals surface area contributed by atoms with Crippen LogP contribution >= 0.6 is 11.3 Å². The Balaban J connectivity index is 1.24. The number of fused-ring (bicyclic) bond motifs is 2. The molecule has 6 aromatic rings. The number of imidazole rings is 1. The van der Waals surface area contributed by atoms with Crippen LogP contribution in [0.25, 0.3) is 27.0 Å². The zero-order valence-corrected chi connectivity index (χ0v) is 21.4. The number of benzene rings is 3. The maximum Gasteiger partial charge on any atom is 0.254 e. The summed E-state index contributed by atoms with van der Waals surface area (Å²) in [5.74, 6) is 0.781. The molecule has 1 amide bonds. The van der Waals surface area contributed by atoms with Crippen LogP contribution in [0.2, 0.25) is 0 Å². The molecule has 3 heterocycles. The Hall–Kier alpha value is -4.16. The number of rotatable bonds is 8. The molecule has 0 saturated carbocycles. The third-order valence-electron chi connectivity index (χ3n) is 6.79. The number of furan rings is 1. The summed E-state index contributed by atoms with van der Waals surface area (Å²) in [4.78, 5) is 21.2. The van der Waals surface area contributed by atoms with Gasteiger partial charge >= 0.3 is 0 Å². The molecule has 0 unspecified atom stereocenters. The molecule has 0 fully saturated rings. The SMILES string of the molecule is CCc1ccc(C(=O)N(CCc2csc3nc(-c4ccc5ccccc5c4)cn23)Cc2ccco2)cc1. The molecule has 0 aliphatic rings. The van der Waals surface area contributed by atoms with Crippen molar-refractivity contribution in [1.29, 1.82) is 0 Å². The molecule has 37 heavy (non-hydrogen) atoms. The minimum Gasteiger partial charge on any atom is -0.467 e. The van der Waals surface area contributed by atoms with Gasteiger partial charge in [0.25, 0.3) is 5.91 Å². The molecule has 6 rings (SSSR count). The van der Waals surface area contributed by atoms with E-state index in [4.69, 9.17) is 9.40 Å². The summed E-state index contributed by atoms with van der Waals surface area (Å²) in [6.07, 6.45) is 5.42. The quantitative estimate of drug-likeness (QED) is 0.219. The lowest BCUT2D eigenvalue weighted by Gasteiger charge is -2.22. The van der Waals surface area contributed by atoms with Crippen LogP contribution in [0.4, 0.5) is 0 Å². The monoisotopic (exact) mass is 505 g/mol. The number of hydrogen-bond donors (Lipinski definition) is 0. The van der Waals surface area contributed by atoms with Crippen molar-refractivity contribution < 1.29 is 9.21 Å². The molecule has 0 aliphatic carbocycles. The fourth-order valence-electron chi connectivity index (χ4n) is 4.65. The van der Waals surface area contributed by atoms with Gasteiger partial charge < -0.3 is 9.32 Å². The van der Waals surface area contributed by atoms with E-state index in [0.29, 0.717) is 25.1 Å². The van der Waals surface area contributed by atoms with Crippen LogP contribution < -0.4 is 0 Å². The van der Waals surface area contributed by atoms with E-state index in [0.717, 1.165) is 34.1 Å². The minimum absolute atomic E-state index is 0.00742. The summed E-state index contributed by atoms with van der Waals surface area (Å²) < 4.78 is 7.72. The molecule has 3 aromatic heterocycles. The van der Waals surface area contributed by atoms with E-state index < -0.39 is 0 Å². The van der Waals surface area contributed by atoms with Crippen molar-refractivity contribution >= 4 is 33.0 Å². The van der Waals surface area contributed by atoms with Crippen molar-refractivity contribution in [2.75, 3.05) is 6.54 Å². The first-order valence-electron chi connectivity index (χ1n) is 12.5. The Morgan fingerprint density at radius 3 is 2.62 bits per heavy atom. The smallest absolute Gasteiger partial charge is 0.254 e. The van der Waals surface area contributed by atoms with Gasteiger partial charge in [-0.1, -0.05) is 55.5 Å². The second kappa shape index (κ2) is 10.1. The van der Waals surface area contributed by atoms with Crippen molar-refractivity contribution in [3.8, 4) is 11.3 Å². The zero-order valence-electron chi connectivity index (χ0n) is 20.6. The molecule has 184 valence electrons. The van der Waals surface area contributed by atoms with Gasteiger partial charge in [0.15, 0.2) is 4.96 Å². The number of amides is 1.